The Bertz CT molecular complexity index is 333. The standard InChI is InChI=1S/C10H11NO/c1-4-10(5-6-10)9-7(2)11-12-8(9)3/h1H,5-6H2,2-3H3. The van der Waals surface area contributed by atoms with Gasteiger partial charge in [-0.25, -0.2) is 0 Å². The second-order valence-corrected chi connectivity index (χ2v) is 3.43. The van der Waals surface area contributed by atoms with Crippen molar-refractivity contribution in [2.45, 2.75) is 32.1 Å². The van der Waals surface area contributed by atoms with Gasteiger partial charge in [0.1, 0.15) is 5.76 Å². The van der Waals surface area contributed by atoms with Gasteiger partial charge in [-0.1, -0.05) is 11.1 Å². The number of hydrogen-bond acceptors (Lipinski definition) is 2. The first-order valence-electron chi connectivity index (χ1n) is 4.11. The molecule has 0 spiro atoms. The van der Waals surface area contributed by atoms with Crippen molar-refractivity contribution in [2.75, 3.05) is 0 Å². The monoisotopic (exact) mass is 161 g/mol. The summed E-state index contributed by atoms with van der Waals surface area (Å²) in [6, 6.07) is 0. The number of aryl methyl sites for hydroxylation is 2. The van der Waals surface area contributed by atoms with Crippen LogP contribution in [0.5, 0.6) is 0 Å². The van der Waals surface area contributed by atoms with E-state index in [4.69, 9.17) is 10.9 Å². The number of terminal acetylenes is 1. The number of aromatic nitrogens is 1. The molecule has 1 fully saturated rings. The van der Waals surface area contributed by atoms with Gasteiger partial charge in [-0.2, -0.15) is 0 Å². The maximum atomic E-state index is 5.48. The third-order valence-corrected chi connectivity index (χ3v) is 2.54. The van der Waals surface area contributed by atoms with E-state index in [2.05, 4.69) is 11.1 Å². The third kappa shape index (κ3) is 0.797. The molecular formula is C10H11NO. The Morgan fingerprint density at radius 1 is 1.50 bits per heavy atom. The lowest BCUT2D eigenvalue weighted by Crippen LogP contribution is -2.04. The lowest BCUT2D eigenvalue weighted by atomic mass is 9.95. The molecule has 1 aromatic heterocycles. The molecule has 2 nitrogen and oxygen atoms in total. The molecule has 0 aliphatic heterocycles. The van der Waals surface area contributed by atoms with Gasteiger partial charge in [0, 0.05) is 5.56 Å². The van der Waals surface area contributed by atoms with E-state index in [0.717, 1.165) is 29.9 Å². The van der Waals surface area contributed by atoms with Crippen LogP contribution in [0.25, 0.3) is 0 Å². The van der Waals surface area contributed by atoms with Crippen LogP contribution < -0.4 is 0 Å². The molecule has 0 atom stereocenters. The van der Waals surface area contributed by atoms with E-state index in [0.29, 0.717) is 0 Å². The fraction of sp³-hybridized carbons (Fsp3) is 0.500. The minimum atomic E-state index is -0.0336. The minimum Gasteiger partial charge on any atom is -0.361 e. The van der Waals surface area contributed by atoms with Crippen molar-refractivity contribution in [3.8, 4) is 12.3 Å². The summed E-state index contributed by atoms with van der Waals surface area (Å²) in [6.07, 6.45) is 7.63. The van der Waals surface area contributed by atoms with Crippen molar-refractivity contribution in [3.63, 3.8) is 0 Å². The second kappa shape index (κ2) is 2.13. The van der Waals surface area contributed by atoms with E-state index in [9.17, 15) is 0 Å². The van der Waals surface area contributed by atoms with Crippen LogP contribution in [0.4, 0.5) is 0 Å². The maximum absolute atomic E-state index is 5.48. The molecule has 0 unspecified atom stereocenters. The van der Waals surface area contributed by atoms with Gasteiger partial charge in [0.05, 0.1) is 11.1 Å². The van der Waals surface area contributed by atoms with E-state index in [1.54, 1.807) is 0 Å². The lowest BCUT2D eigenvalue weighted by Gasteiger charge is -2.04. The summed E-state index contributed by atoms with van der Waals surface area (Å²) in [6.45, 7) is 3.87. The smallest absolute Gasteiger partial charge is 0.138 e. The van der Waals surface area contributed by atoms with Crippen molar-refractivity contribution in [1.29, 1.82) is 0 Å². The minimum absolute atomic E-state index is 0.0336. The van der Waals surface area contributed by atoms with Crippen molar-refractivity contribution in [2.24, 2.45) is 0 Å². The Hall–Kier alpha value is -1.23. The molecule has 12 heavy (non-hydrogen) atoms. The summed E-state index contributed by atoms with van der Waals surface area (Å²) in [5, 5.41) is 3.90. The highest BCUT2D eigenvalue weighted by Crippen LogP contribution is 2.49. The molecule has 0 N–H and O–H groups in total. The molecular weight excluding hydrogens is 150 g/mol. The van der Waals surface area contributed by atoms with Crippen molar-refractivity contribution in [3.05, 3.63) is 17.0 Å². The lowest BCUT2D eigenvalue weighted by molar-refractivity contribution is 0.392. The molecule has 1 saturated carbocycles. The SMILES string of the molecule is C#CC1(c2c(C)noc2C)CC1. The fourth-order valence-corrected chi connectivity index (χ4v) is 1.76. The van der Waals surface area contributed by atoms with E-state index in [-0.39, 0.29) is 5.41 Å². The Morgan fingerprint density at radius 3 is 2.50 bits per heavy atom. The van der Waals surface area contributed by atoms with Gasteiger partial charge in [0.25, 0.3) is 0 Å². The Kier molecular flexibility index (Phi) is 1.32. The van der Waals surface area contributed by atoms with Gasteiger partial charge in [-0.05, 0) is 26.7 Å². The fourth-order valence-electron chi connectivity index (χ4n) is 1.76. The van der Waals surface area contributed by atoms with Gasteiger partial charge in [-0.15, -0.1) is 6.42 Å². The van der Waals surface area contributed by atoms with Crippen LogP contribution in [-0.4, -0.2) is 5.16 Å². The van der Waals surface area contributed by atoms with Crippen LogP contribution >= 0.6 is 0 Å². The number of rotatable bonds is 1. The topological polar surface area (TPSA) is 26.0 Å². The molecule has 1 aliphatic carbocycles. The molecule has 1 aromatic rings. The number of hydrogen-bond donors (Lipinski definition) is 0. The highest BCUT2D eigenvalue weighted by Gasteiger charge is 2.46. The van der Waals surface area contributed by atoms with Gasteiger partial charge in [0.2, 0.25) is 0 Å². The average Bonchev–Trinajstić information content (AvgIpc) is 2.77. The van der Waals surface area contributed by atoms with Crippen molar-refractivity contribution in [1.82, 2.24) is 5.16 Å². The highest BCUT2D eigenvalue weighted by molar-refractivity contribution is 5.44. The molecule has 2 heteroatoms. The molecule has 0 saturated heterocycles. The Balaban J connectivity index is 2.54. The van der Waals surface area contributed by atoms with E-state index in [1.807, 2.05) is 13.8 Å². The highest BCUT2D eigenvalue weighted by atomic mass is 16.5. The first-order chi connectivity index (χ1) is 5.69. The summed E-state index contributed by atoms with van der Waals surface area (Å²) in [5.74, 6) is 3.71. The summed E-state index contributed by atoms with van der Waals surface area (Å²) < 4.78 is 5.08. The number of nitrogens with zero attached hydrogens (tertiary/aromatic N) is 1. The molecule has 1 aliphatic rings. The molecule has 1 heterocycles. The molecule has 0 bridgehead atoms. The molecule has 0 aromatic carbocycles. The molecule has 62 valence electrons. The van der Waals surface area contributed by atoms with Crippen LogP contribution in [0.2, 0.25) is 0 Å². The molecule has 2 rings (SSSR count). The van der Waals surface area contributed by atoms with Gasteiger partial charge >= 0.3 is 0 Å². The molecule has 0 amide bonds. The first kappa shape index (κ1) is 7.42. The predicted octanol–water partition coefficient (Wildman–Crippen LogP) is 1.96. The summed E-state index contributed by atoms with van der Waals surface area (Å²) in [5.41, 5.74) is 2.06. The van der Waals surface area contributed by atoms with Crippen LogP contribution in [0.3, 0.4) is 0 Å². The van der Waals surface area contributed by atoms with Gasteiger partial charge in [-0.3, -0.25) is 0 Å². The second-order valence-electron chi connectivity index (χ2n) is 3.43. The Morgan fingerprint density at radius 2 is 2.17 bits per heavy atom. The van der Waals surface area contributed by atoms with Crippen molar-refractivity contribution < 1.29 is 4.52 Å². The first-order valence-corrected chi connectivity index (χ1v) is 4.11. The average molecular weight is 161 g/mol. The quantitative estimate of drug-likeness (QED) is 0.588. The van der Waals surface area contributed by atoms with Gasteiger partial charge in [0.15, 0.2) is 0 Å². The van der Waals surface area contributed by atoms with E-state index in [1.165, 1.54) is 0 Å². The van der Waals surface area contributed by atoms with Crippen molar-refractivity contribution >= 4 is 0 Å². The molecule has 0 radical (unpaired) electrons. The summed E-state index contributed by atoms with van der Waals surface area (Å²) in [4.78, 5) is 0. The van der Waals surface area contributed by atoms with Gasteiger partial charge < -0.3 is 4.52 Å². The van der Waals surface area contributed by atoms with Crippen LogP contribution in [0, 0.1) is 26.2 Å². The normalized spacial score (nSPS) is 18.8. The Labute approximate surface area is 71.9 Å². The van der Waals surface area contributed by atoms with E-state index >= 15 is 0 Å². The van der Waals surface area contributed by atoms with Crippen LogP contribution in [0.1, 0.15) is 29.9 Å². The van der Waals surface area contributed by atoms with Crippen LogP contribution in [0.15, 0.2) is 4.52 Å². The van der Waals surface area contributed by atoms with E-state index < -0.39 is 0 Å². The largest absolute Gasteiger partial charge is 0.361 e. The maximum Gasteiger partial charge on any atom is 0.138 e. The summed E-state index contributed by atoms with van der Waals surface area (Å²) >= 11 is 0. The third-order valence-electron chi connectivity index (χ3n) is 2.54. The predicted molar refractivity (Wildman–Crippen MR) is 45.7 cm³/mol. The zero-order valence-electron chi connectivity index (χ0n) is 7.35. The van der Waals surface area contributed by atoms with Crippen LogP contribution in [-0.2, 0) is 5.41 Å². The zero-order valence-corrected chi connectivity index (χ0v) is 7.35. The zero-order chi connectivity index (χ0) is 8.77. The summed E-state index contributed by atoms with van der Waals surface area (Å²) in [7, 11) is 0.